The van der Waals surface area contributed by atoms with Crippen molar-refractivity contribution in [2.45, 2.75) is 46.7 Å². The van der Waals surface area contributed by atoms with Gasteiger partial charge < -0.3 is 14.8 Å². The highest BCUT2D eigenvalue weighted by Gasteiger charge is 2.13. The van der Waals surface area contributed by atoms with Crippen LogP contribution in [0.3, 0.4) is 0 Å². The third-order valence-electron chi connectivity index (χ3n) is 3.39. The van der Waals surface area contributed by atoms with Crippen LogP contribution < -0.4 is 14.8 Å². The van der Waals surface area contributed by atoms with Crippen LogP contribution in [0.1, 0.15) is 39.7 Å². The number of halogens is 1. The molecule has 0 saturated carbocycles. The molecule has 0 bridgehead atoms. The summed E-state index contributed by atoms with van der Waals surface area (Å²) in [6.07, 6.45) is 1.13. The van der Waals surface area contributed by atoms with Gasteiger partial charge in [0.05, 0.1) is 18.2 Å². The molecule has 1 aromatic carbocycles. The number of ether oxygens (including phenoxy) is 2. The van der Waals surface area contributed by atoms with E-state index in [4.69, 9.17) is 9.47 Å². The maximum atomic E-state index is 5.61. The molecule has 0 aliphatic carbocycles. The fraction of sp³-hybridized carbons (Fsp3) is 0.625. The van der Waals surface area contributed by atoms with Crippen molar-refractivity contribution in [2.75, 3.05) is 13.7 Å². The van der Waals surface area contributed by atoms with Crippen LogP contribution in [0.25, 0.3) is 0 Å². The molecule has 1 atom stereocenters. The molecule has 20 heavy (non-hydrogen) atoms. The first-order chi connectivity index (χ1) is 9.53. The van der Waals surface area contributed by atoms with E-state index in [1.165, 1.54) is 5.56 Å². The molecule has 0 aliphatic heterocycles. The summed E-state index contributed by atoms with van der Waals surface area (Å²) in [7, 11) is 1.67. The monoisotopic (exact) mass is 343 g/mol. The van der Waals surface area contributed by atoms with Gasteiger partial charge in [0.15, 0.2) is 11.5 Å². The highest BCUT2D eigenvalue weighted by molar-refractivity contribution is 9.10. The van der Waals surface area contributed by atoms with Crippen molar-refractivity contribution in [1.29, 1.82) is 0 Å². The molecular formula is C16H26BrNO2. The lowest BCUT2D eigenvalue weighted by Crippen LogP contribution is -2.32. The maximum absolute atomic E-state index is 5.61. The van der Waals surface area contributed by atoms with Crippen molar-refractivity contribution >= 4 is 15.9 Å². The molecule has 1 unspecified atom stereocenters. The summed E-state index contributed by atoms with van der Waals surface area (Å²) in [5.74, 6) is 2.18. The van der Waals surface area contributed by atoms with Crippen LogP contribution in [0.15, 0.2) is 16.6 Å². The van der Waals surface area contributed by atoms with Gasteiger partial charge in [-0.1, -0.05) is 20.8 Å². The lowest BCUT2D eigenvalue weighted by atomic mass is 10.0. The van der Waals surface area contributed by atoms with Gasteiger partial charge in [-0.05, 0) is 52.9 Å². The number of hydrogen-bond donors (Lipinski definition) is 1. The maximum Gasteiger partial charge on any atom is 0.175 e. The summed E-state index contributed by atoms with van der Waals surface area (Å²) >= 11 is 3.56. The second-order valence-electron chi connectivity index (χ2n) is 5.18. The fourth-order valence-electron chi connectivity index (χ4n) is 2.26. The smallest absolute Gasteiger partial charge is 0.175 e. The van der Waals surface area contributed by atoms with E-state index in [1.807, 2.05) is 13.0 Å². The molecule has 0 fully saturated rings. The van der Waals surface area contributed by atoms with Crippen LogP contribution in [0.4, 0.5) is 0 Å². The molecule has 0 heterocycles. The number of hydrogen-bond acceptors (Lipinski definition) is 3. The van der Waals surface area contributed by atoms with Gasteiger partial charge in [-0.25, -0.2) is 0 Å². The zero-order chi connectivity index (χ0) is 15.1. The molecular weight excluding hydrogens is 318 g/mol. The standard InChI is InChI=1S/C16H26BrNO2/c1-6-14(11(3)4)18-10-12-8-13(17)16(20-7-2)15(9-12)19-5/h8-9,11,14,18H,6-7,10H2,1-5H3. The van der Waals surface area contributed by atoms with Crippen LogP contribution >= 0.6 is 15.9 Å². The lowest BCUT2D eigenvalue weighted by molar-refractivity contribution is 0.308. The Morgan fingerprint density at radius 1 is 1.25 bits per heavy atom. The van der Waals surface area contributed by atoms with Gasteiger partial charge in [0.2, 0.25) is 0 Å². The Bertz CT molecular complexity index is 421. The molecule has 1 rings (SSSR count). The van der Waals surface area contributed by atoms with Crippen molar-refractivity contribution in [2.24, 2.45) is 5.92 Å². The van der Waals surface area contributed by atoms with Crippen LogP contribution in [-0.4, -0.2) is 19.8 Å². The Hall–Kier alpha value is -0.740. The summed E-state index contributed by atoms with van der Waals surface area (Å²) in [6.45, 7) is 10.1. The van der Waals surface area contributed by atoms with E-state index in [2.05, 4.69) is 48.1 Å². The zero-order valence-corrected chi connectivity index (χ0v) is 14.7. The van der Waals surface area contributed by atoms with Gasteiger partial charge in [0, 0.05) is 12.6 Å². The normalized spacial score (nSPS) is 12.6. The van der Waals surface area contributed by atoms with Gasteiger partial charge >= 0.3 is 0 Å². The molecule has 3 nitrogen and oxygen atoms in total. The summed E-state index contributed by atoms with van der Waals surface area (Å²) in [5.41, 5.74) is 1.19. The van der Waals surface area contributed by atoms with Gasteiger partial charge in [-0.3, -0.25) is 0 Å². The minimum absolute atomic E-state index is 0.534. The van der Waals surface area contributed by atoms with Crippen molar-refractivity contribution < 1.29 is 9.47 Å². The van der Waals surface area contributed by atoms with Gasteiger partial charge in [0.25, 0.3) is 0 Å². The van der Waals surface area contributed by atoms with Gasteiger partial charge in [0.1, 0.15) is 0 Å². The summed E-state index contributed by atoms with van der Waals surface area (Å²) < 4.78 is 12.0. The number of rotatable bonds is 8. The fourth-order valence-corrected chi connectivity index (χ4v) is 2.86. The van der Waals surface area contributed by atoms with E-state index in [-0.39, 0.29) is 0 Å². The van der Waals surface area contributed by atoms with Crippen LogP contribution in [0.5, 0.6) is 11.5 Å². The molecule has 0 aromatic heterocycles. The van der Waals surface area contributed by atoms with E-state index in [1.54, 1.807) is 7.11 Å². The number of benzene rings is 1. The number of nitrogens with one attached hydrogen (secondary N) is 1. The SMILES string of the molecule is CCOc1c(Br)cc(CNC(CC)C(C)C)cc1OC. The molecule has 0 spiro atoms. The highest BCUT2D eigenvalue weighted by atomic mass is 79.9. The first-order valence-electron chi connectivity index (χ1n) is 7.26. The summed E-state index contributed by atoms with van der Waals surface area (Å²) in [6, 6.07) is 4.66. The van der Waals surface area contributed by atoms with E-state index < -0.39 is 0 Å². The van der Waals surface area contributed by atoms with E-state index >= 15 is 0 Å². The summed E-state index contributed by atoms with van der Waals surface area (Å²) in [4.78, 5) is 0. The largest absolute Gasteiger partial charge is 0.493 e. The first kappa shape index (κ1) is 17.3. The topological polar surface area (TPSA) is 30.5 Å². The van der Waals surface area contributed by atoms with Gasteiger partial charge in [-0.15, -0.1) is 0 Å². The molecule has 0 radical (unpaired) electrons. The molecule has 1 N–H and O–H groups in total. The highest BCUT2D eigenvalue weighted by Crippen LogP contribution is 2.36. The van der Waals surface area contributed by atoms with E-state index in [9.17, 15) is 0 Å². The lowest BCUT2D eigenvalue weighted by Gasteiger charge is -2.21. The average Bonchev–Trinajstić information content (AvgIpc) is 2.41. The Labute approximate surface area is 131 Å². The molecule has 0 saturated heterocycles. The van der Waals surface area contributed by atoms with Gasteiger partial charge in [-0.2, -0.15) is 0 Å². The second kappa shape index (κ2) is 8.53. The van der Waals surface area contributed by atoms with Crippen LogP contribution in [0.2, 0.25) is 0 Å². The van der Waals surface area contributed by atoms with E-state index in [0.29, 0.717) is 18.6 Å². The van der Waals surface area contributed by atoms with E-state index in [0.717, 1.165) is 28.9 Å². The van der Waals surface area contributed by atoms with Crippen molar-refractivity contribution in [3.05, 3.63) is 22.2 Å². The van der Waals surface area contributed by atoms with Crippen LogP contribution in [0, 0.1) is 5.92 Å². The molecule has 1 aromatic rings. The van der Waals surface area contributed by atoms with Crippen molar-refractivity contribution in [3.8, 4) is 11.5 Å². The van der Waals surface area contributed by atoms with Crippen molar-refractivity contribution in [1.82, 2.24) is 5.32 Å². The zero-order valence-electron chi connectivity index (χ0n) is 13.1. The second-order valence-corrected chi connectivity index (χ2v) is 6.04. The Morgan fingerprint density at radius 3 is 2.45 bits per heavy atom. The third kappa shape index (κ3) is 4.67. The minimum atomic E-state index is 0.534. The predicted octanol–water partition coefficient (Wildman–Crippen LogP) is 4.38. The molecule has 4 heteroatoms. The Morgan fingerprint density at radius 2 is 1.95 bits per heavy atom. The Balaban J connectivity index is 2.84. The molecule has 0 aliphatic rings. The number of methoxy groups -OCH3 is 1. The Kier molecular flexibility index (Phi) is 7.38. The summed E-state index contributed by atoms with van der Waals surface area (Å²) in [5, 5.41) is 3.60. The molecule has 114 valence electrons. The average molecular weight is 344 g/mol. The molecule has 0 amide bonds. The predicted molar refractivity (Wildman–Crippen MR) is 87.6 cm³/mol. The minimum Gasteiger partial charge on any atom is -0.493 e. The van der Waals surface area contributed by atoms with Crippen molar-refractivity contribution in [3.63, 3.8) is 0 Å². The first-order valence-corrected chi connectivity index (χ1v) is 8.05. The van der Waals surface area contributed by atoms with Crippen LogP contribution in [-0.2, 0) is 6.54 Å². The quantitative estimate of drug-likeness (QED) is 0.759. The third-order valence-corrected chi connectivity index (χ3v) is 3.98.